The van der Waals surface area contributed by atoms with Crippen LogP contribution in [0.5, 0.6) is 5.88 Å². The lowest BCUT2D eigenvalue weighted by molar-refractivity contribution is 0.0985. The molecule has 0 aromatic carbocycles. The quantitative estimate of drug-likeness (QED) is 0.654. The highest BCUT2D eigenvalue weighted by atomic mass is 16.5. The average Bonchev–Trinajstić information content (AvgIpc) is 2.29. The Labute approximate surface area is 88.6 Å². The normalized spacial score (nSPS) is 9.60. The molecule has 0 aliphatic carbocycles. The number of hydrogen-bond acceptors (Lipinski definition) is 5. The van der Waals surface area contributed by atoms with E-state index in [1.807, 2.05) is 13.0 Å². The second-order valence-electron chi connectivity index (χ2n) is 2.82. The Hall–Kier alpha value is -1.67. The first-order valence-electron chi connectivity index (χ1n) is 4.80. The minimum absolute atomic E-state index is 0.264. The molecule has 15 heavy (non-hydrogen) atoms. The number of aromatic nitrogens is 2. The Kier molecular flexibility index (Phi) is 5.12. The van der Waals surface area contributed by atoms with E-state index in [-0.39, 0.29) is 5.88 Å². The van der Waals surface area contributed by atoms with Crippen LogP contribution in [0.4, 0.5) is 0 Å². The average molecular weight is 207 g/mol. The van der Waals surface area contributed by atoms with Crippen LogP contribution in [0.3, 0.4) is 0 Å². The van der Waals surface area contributed by atoms with Crippen LogP contribution in [0.25, 0.3) is 0 Å². The summed E-state index contributed by atoms with van der Waals surface area (Å²) in [7, 11) is 0. The van der Waals surface area contributed by atoms with Crippen LogP contribution in [-0.2, 0) is 4.74 Å². The smallest absolute Gasteiger partial charge is 0.251 e. The van der Waals surface area contributed by atoms with Gasteiger partial charge in [-0.3, -0.25) is 0 Å². The Morgan fingerprint density at radius 3 is 3.00 bits per heavy atom. The van der Waals surface area contributed by atoms with Crippen molar-refractivity contribution in [1.29, 1.82) is 5.26 Å². The van der Waals surface area contributed by atoms with Gasteiger partial charge in [-0.25, -0.2) is 0 Å². The molecule has 0 N–H and O–H groups in total. The first-order valence-corrected chi connectivity index (χ1v) is 4.80. The maximum absolute atomic E-state index is 8.73. The maximum Gasteiger partial charge on any atom is 0.251 e. The van der Waals surface area contributed by atoms with Crippen molar-refractivity contribution in [2.45, 2.75) is 13.3 Å². The first kappa shape index (κ1) is 11.4. The van der Waals surface area contributed by atoms with Crippen molar-refractivity contribution < 1.29 is 9.47 Å². The number of ether oxygens (including phenoxy) is 2. The summed E-state index contributed by atoms with van der Waals surface area (Å²) < 4.78 is 10.5. The van der Waals surface area contributed by atoms with Crippen LogP contribution in [0.2, 0.25) is 0 Å². The van der Waals surface area contributed by atoms with Crippen LogP contribution < -0.4 is 4.74 Å². The monoisotopic (exact) mass is 207 g/mol. The first-order chi connectivity index (χ1) is 7.38. The van der Waals surface area contributed by atoms with Gasteiger partial charge in [-0.15, -0.1) is 5.10 Å². The second-order valence-corrected chi connectivity index (χ2v) is 2.82. The zero-order valence-corrected chi connectivity index (χ0v) is 8.64. The molecular weight excluding hydrogens is 194 g/mol. The third-order valence-electron chi connectivity index (χ3n) is 1.62. The van der Waals surface area contributed by atoms with Crippen molar-refractivity contribution in [3.05, 3.63) is 17.8 Å². The van der Waals surface area contributed by atoms with Crippen LogP contribution >= 0.6 is 0 Å². The molecule has 0 aliphatic rings. The van der Waals surface area contributed by atoms with E-state index in [0.29, 0.717) is 18.8 Å². The van der Waals surface area contributed by atoms with Crippen LogP contribution in [0.15, 0.2) is 12.3 Å². The SMILES string of the molecule is CCCOCCOc1nnccc1C#N. The zero-order chi connectivity index (χ0) is 10.9. The standard InChI is InChI=1S/C10H13N3O2/c1-2-5-14-6-7-15-10-9(8-11)3-4-12-13-10/h3-4H,2,5-7H2,1H3. The summed E-state index contributed by atoms with van der Waals surface area (Å²) in [6, 6.07) is 3.54. The largest absolute Gasteiger partial charge is 0.473 e. The Balaban J connectivity index is 2.34. The van der Waals surface area contributed by atoms with E-state index in [1.54, 1.807) is 6.07 Å². The minimum Gasteiger partial charge on any atom is -0.473 e. The van der Waals surface area contributed by atoms with Gasteiger partial charge in [0.05, 0.1) is 12.8 Å². The van der Waals surface area contributed by atoms with Crippen molar-refractivity contribution in [3.63, 3.8) is 0 Å². The summed E-state index contributed by atoms with van der Waals surface area (Å²) in [4.78, 5) is 0. The van der Waals surface area contributed by atoms with Gasteiger partial charge in [0.1, 0.15) is 18.2 Å². The molecule has 5 heteroatoms. The molecule has 5 nitrogen and oxygen atoms in total. The fourth-order valence-electron chi connectivity index (χ4n) is 0.954. The molecule has 1 heterocycles. The fraction of sp³-hybridized carbons (Fsp3) is 0.500. The lowest BCUT2D eigenvalue weighted by Gasteiger charge is -2.05. The van der Waals surface area contributed by atoms with E-state index in [2.05, 4.69) is 10.2 Å². The van der Waals surface area contributed by atoms with Crippen molar-refractivity contribution in [3.8, 4) is 11.9 Å². The van der Waals surface area contributed by atoms with Crippen LogP contribution in [0.1, 0.15) is 18.9 Å². The van der Waals surface area contributed by atoms with Crippen LogP contribution in [-0.4, -0.2) is 30.0 Å². The predicted molar refractivity (Wildman–Crippen MR) is 53.4 cm³/mol. The van der Waals surface area contributed by atoms with E-state index in [1.165, 1.54) is 6.20 Å². The third-order valence-corrected chi connectivity index (χ3v) is 1.62. The van der Waals surface area contributed by atoms with Gasteiger partial charge in [-0.1, -0.05) is 6.92 Å². The second kappa shape index (κ2) is 6.74. The Bertz CT molecular complexity index is 336. The number of rotatable bonds is 6. The molecule has 0 unspecified atom stereocenters. The van der Waals surface area contributed by atoms with Gasteiger partial charge in [0.25, 0.3) is 5.88 Å². The van der Waals surface area contributed by atoms with Gasteiger partial charge in [-0.2, -0.15) is 10.4 Å². The molecule has 0 radical (unpaired) electrons. The molecule has 0 saturated heterocycles. The Morgan fingerprint density at radius 2 is 2.27 bits per heavy atom. The van der Waals surface area contributed by atoms with Crippen molar-refractivity contribution >= 4 is 0 Å². The van der Waals surface area contributed by atoms with Crippen molar-refractivity contribution in [2.75, 3.05) is 19.8 Å². The summed E-state index contributed by atoms with van der Waals surface area (Å²) in [6.45, 7) is 3.63. The molecule has 1 rings (SSSR count). The molecule has 0 bridgehead atoms. The van der Waals surface area contributed by atoms with Gasteiger partial charge in [0, 0.05) is 6.61 Å². The third kappa shape index (κ3) is 3.92. The van der Waals surface area contributed by atoms with E-state index >= 15 is 0 Å². The number of nitriles is 1. The molecule has 0 atom stereocenters. The molecule has 0 fully saturated rings. The Morgan fingerprint density at radius 1 is 1.40 bits per heavy atom. The molecule has 1 aromatic heterocycles. The molecule has 1 aromatic rings. The highest BCUT2D eigenvalue weighted by Gasteiger charge is 2.03. The van der Waals surface area contributed by atoms with Crippen molar-refractivity contribution in [1.82, 2.24) is 10.2 Å². The summed E-state index contributed by atoms with van der Waals surface area (Å²) in [6.07, 6.45) is 2.44. The fourth-order valence-corrected chi connectivity index (χ4v) is 0.954. The topological polar surface area (TPSA) is 68.0 Å². The van der Waals surface area contributed by atoms with Gasteiger partial charge in [0.2, 0.25) is 0 Å². The molecule has 0 saturated carbocycles. The maximum atomic E-state index is 8.73. The molecule has 80 valence electrons. The minimum atomic E-state index is 0.264. The number of nitrogens with zero attached hydrogens (tertiary/aromatic N) is 3. The lowest BCUT2D eigenvalue weighted by atomic mass is 10.3. The van der Waals surface area contributed by atoms with Gasteiger partial charge < -0.3 is 9.47 Å². The summed E-state index contributed by atoms with van der Waals surface area (Å²) in [5.41, 5.74) is 0.389. The summed E-state index contributed by atoms with van der Waals surface area (Å²) in [5, 5.41) is 16.1. The molecule has 0 amide bonds. The van der Waals surface area contributed by atoms with E-state index in [0.717, 1.165) is 13.0 Å². The molecule has 0 spiro atoms. The molecular formula is C10H13N3O2. The summed E-state index contributed by atoms with van der Waals surface area (Å²) >= 11 is 0. The van der Waals surface area contributed by atoms with Gasteiger partial charge >= 0.3 is 0 Å². The lowest BCUT2D eigenvalue weighted by Crippen LogP contribution is -2.09. The van der Waals surface area contributed by atoms with Gasteiger partial charge in [-0.05, 0) is 12.5 Å². The van der Waals surface area contributed by atoms with Crippen molar-refractivity contribution in [2.24, 2.45) is 0 Å². The highest BCUT2D eigenvalue weighted by molar-refractivity contribution is 5.35. The highest BCUT2D eigenvalue weighted by Crippen LogP contribution is 2.10. The van der Waals surface area contributed by atoms with E-state index < -0.39 is 0 Å². The molecule has 0 aliphatic heterocycles. The number of hydrogen-bond donors (Lipinski definition) is 0. The van der Waals surface area contributed by atoms with Crippen LogP contribution in [0, 0.1) is 11.3 Å². The van der Waals surface area contributed by atoms with E-state index in [4.69, 9.17) is 14.7 Å². The predicted octanol–water partition coefficient (Wildman–Crippen LogP) is 1.15. The van der Waals surface area contributed by atoms with E-state index in [9.17, 15) is 0 Å². The van der Waals surface area contributed by atoms with Gasteiger partial charge in [0.15, 0.2) is 0 Å². The zero-order valence-electron chi connectivity index (χ0n) is 8.64. The summed E-state index contributed by atoms with van der Waals surface area (Å²) in [5.74, 6) is 0.264.